The van der Waals surface area contributed by atoms with E-state index < -0.39 is 23.9 Å². The number of rotatable bonds is 7. The van der Waals surface area contributed by atoms with Gasteiger partial charge in [-0.2, -0.15) is 0 Å². The molecule has 176 valence electrons. The molecule has 0 spiro atoms. The summed E-state index contributed by atoms with van der Waals surface area (Å²) in [4.78, 5) is 41.8. The minimum Gasteiger partial charge on any atom is -0.494 e. The Hall–Kier alpha value is -3.49. The number of benzene rings is 2. The van der Waals surface area contributed by atoms with E-state index >= 15 is 0 Å². The average molecular weight is 502 g/mol. The summed E-state index contributed by atoms with van der Waals surface area (Å²) >= 11 is 12.0. The van der Waals surface area contributed by atoms with Gasteiger partial charge in [0.2, 0.25) is 5.91 Å². The van der Waals surface area contributed by atoms with Crippen LogP contribution in [0.1, 0.15) is 19.1 Å². The molecule has 1 saturated heterocycles. The van der Waals surface area contributed by atoms with Gasteiger partial charge in [-0.25, -0.2) is 9.69 Å². The predicted octanol–water partition coefficient (Wildman–Crippen LogP) is 5.35. The van der Waals surface area contributed by atoms with Gasteiger partial charge in [0.05, 0.1) is 41.6 Å². The first kappa shape index (κ1) is 23.7. The van der Waals surface area contributed by atoms with Crippen LogP contribution in [-0.2, 0) is 16.1 Å². The first-order chi connectivity index (χ1) is 16.4. The Labute approximate surface area is 206 Å². The topological polar surface area (TPSA) is 92.1 Å². The van der Waals surface area contributed by atoms with Gasteiger partial charge in [0.15, 0.2) is 0 Å². The van der Waals surface area contributed by atoms with Gasteiger partial charge in [0, 0.05) is 5.69 Å². The van der Waals surface area contributed by atoms with Crippen molar-refractivity contribution in [1.82, 2.24) is 4.90 Å². The number of carbonyl (C=O) groups is 3. The summed E-state index contributed by atoms with van der Waals surface area (Å²) < 4.78 is 10.8. The molecule has 2 aromatic carbocycles. The van der Waals surface area contributed by atoms with Gasteiger partial charge in [-0.1, -0.05) is 23.2 Å². The molecule has 3 aromatic rings. The minimum absolute atomic E-state index is 0.0129. The molecule has 1 aliphatic rings. The average Bonchev–Trinajstić information content (AvgIpc) is 3.43. The van der Waals surface area contributed by atoms with E-state index in [1.54, 1.807) is 48.5 Å². The van der Waals surface area contributed by atoms with Crippen molar-refractivity contribution >= 4 is 52.4 Å². The molecule has 4 amide bonds. The van der Waals surface area contributed by atoms with Crippen molar-refractivity contribution in [3.8, 4) is 5.75 Å². The fourth-order valence-corrected chi connectivity index (χ4v) is 3.95. The second-order valence-corrected chi connectivity index (χ2v) is 8.29. The van der Waals surface area contributed by atoms with Crippen LogP contribution in [0.4, 0.5) is 16.2 Å². The summed E-state index contributed by atoms with van der Waals surface area (Å²) in [6.45, 7) is 2.35. The fraction of sp³-hybridized carbons (Fsp3) is 0.208. The van der Waals surface area contributed by atoms with E-state index in [0.29, 0.717) is 34.5 Å². The van der Waals surface area contributed by atoms with Crippen molar-refractivity contribution in [1.29, 1.82) is 0 Å². The highest BCUT2D eigenvalue weighted by Gasteiger charge is 2.44. The minimum atomic E-state index is -1.02. The second kappa shape index (κ2) is 10.2. The van der Waals surface area contributed by atoms with Crippen LogP contribution >= 0.6 is 23.2 Å². The number of nitrogens with one attached hydrogen (secondary N) is 1. The maximum Gasteiger partial charge on any atom is 0.322 e. The number of carbonyl (C=O) groups excluding carboxylic acids is 3. The standard InChI is InChI=1S/C24H21Cl2N3O5/c1-2-33-17-8-6-16(7-9-17)29-22(30)13-21(23(29)31)28(14-18-4-3-11-34-18)24(32)27-15-5-10-19(25)20(26)12-15/h3-12,21H,2,13-14H2,1H3,(H,27,32). The lowest BCUT2D eigenvalue weighted by Crippen LogP contribution is -2.46. The van der Waals surface area contributed by atoms with Gasteiger partial charge < -0.3 is 19.4 Å². The molecule has 2 heterocycles. The molecule has 1 aromatic heterocycles. The Morgan fingerprint density at radius 1 is 1.15 bits per heavy atom. The van der Waals surface area contributed by atoms with Gasteiger partial charge in [0.25, 0.3) is 5.91 Å². The summed E-state index contributed by atoms with van der Waals surface area (Å²) in [5.41, 5.74) is 0.799. The van der Waals surface area contributed by atoms with Gasteiger partial charge in [0.1, 0.15) is 17.6 Å². The first-order valence-corrected chi connectivity index (χ1v) is 11.3. The molecular weight excluding hydrogens is 481 g/mol. The van der Waals surface area contributed by atoms with Gasteiger partial charge >= 0.3 is 6.03 Å². The molecule has 1 atom stereocenters. The van der Waals surface area contributed by atoms with E-state index in [2.05, 4.69) is 5.32 Å². The largest absolute Gasteiger partial charge is 0.494 e. The Bertz CT molecular complexity index is 1200. The van der Waals surface area contributed by atoms with E-state index in [1.165, 1.54) is 17.2 Å². The highest BCUT2D eigenvalue weighted by atomic mass is 35.5. The molecule has 1 aliphatic heterocycles. The third-order valence-electron chi connectivity index (χ3n) is 5.24. The summed E-state index contributed by atoms with van der Waals surface area (Å²) in [5.74, 6) is 0.169. The third-order valence-corrected chi connectivity index (χ3v) is 5.98. The lowest BCUT2D eigenvalue weighted by Gasteiger charge is -2.27. The zero-order valence-electron chi connectivity index (χ0n) is 18.2. The van der Waals surface area contributed by atoms with Crippen LogP contribution < -0.4 is 15.0 Å². The van der Waals surface area contributed by atoms with Gasteiger partial charge in [-0.05, 0) is 61.5 Å². The smallest absolute Gasteiger partial charge is 0.322 e. The molecule has 34 heavy (non-hydrogen) atoms. The molecule has 0 saturated carbocycles. The molecule has 0 radical (unpaired) electrons. The first-order valence-electron chi connectivity index (χ1n) is 10.5. The summed E-state index contributed by atoms with van der Waals surface area (Å²) in [5, 5.41) is 3.33. The molecule has 0 bridgehead atoms. The SMILES string of the molecule is CCOc1ccc(N2C(=O)CC(N(Cc3ccco3)C(=O)Nc3ccc(Cl)c(Cl)c3)C2=O)cc1. The van der Waals surface area contributed by atoms with Crippen molar-refractivity contribution in [2.75, 3.05) is 16.8 Å². The number of ether oxygens (including phenoxy) is 1. The molecule has 1 unspecified atom stereocenters. The van der Waals surface area contributed by atoms with Crippen molar-refractivity contribution in [2.45, 2.75) is 25.9 Å². The van der Waals surface area contributed by atoms with Crippen LogP contribution in [0, 0.1) is 0 Å². The lowest BCUT2D eigenvalue weighted by atomic mass is 10.2. The Kier molecular flexibility index (Phi) is 7.09. The molecule has 4 rings (SSSR count). The van der Waals surface area contributed by atoms with Crippen LogP contribution in [0.2, 0.25) is 10.0 Å². The third kappa shape index (κ3) is 5.03. The van der Waals surface area contributed by atoms with E-state index in [0.717, 1.165) is 4.90 Å². The number of imide groups is 1. The van der Waals surface area contributed by atoms with Crippen LogP contribution in [0.15, 0.2) is 65.3 Å². The Morgan fingerprint density at radius 3 is 2.56 bits per heavy atom. The van der Waals surface area contributed by atoms with Gasteiger partial charge in [-0.3, -0.25) is 9.59 Å². The number of hydrogen-bond acceptors (Lipinski definition) is 5. The van der Waals surface area contributed by atoms with Crippen LogP contribution in [-0.4, -0.2) is 35.4 Å². The second-order valence-electron chi connectivity index (χ2n) is 7.48. The number of amides is 4. The fourth-order valence-electron chi connectivity index (χ4n) is 3.65. The lowest BCUT2D eigenvalue weighted by molar-refractivity contribution is -0.122. The normalized spacial score (nSPS) is 15.5. The monoisotopic (exact) mass is 501 g/mol. The molecule has 8 nitrogen and oxygen atoms in total. The zero-order valence-corrected chi connectivity index (χ0v) is 19.7. The summed E-state index contributed by atoms with van der Waals surface area (Å²) in [7, 11) is 0. The number of anilines is 2. The van der Waals surface area contributed by atoms with E-state index in [9.17, 15) is 14.4 Å². The van der Waals surface area contributed by atoms with Crippen molar-refractivity contribution in [3.63, 3.8) is 0 Å². The molecule has 1 N–H and O–H groups in total. The quantitative estimate of drug-likeness (QED) is 0.440. The molecular formula is C24H21Cl2N3O5. The number of furan rings is 1. The molecule has 10 heteroatoms. The van der Waals surface area contributed by atoms with E-state index in [1.807, 2.05) is 6.92 Å². The highest BCUT2D eigenvalue weighted by molar-refractivity contribution is 6.42. The van der Waals surface area contributed by atoms with Crippen molar-refractivity contribution in [2.24, 2.45) is 0 Å². The van der Waals surface area contributed by atoms with Crippen LogP contribution in [0.3, 0.4) is 0 Å². The van der Waals surface area contributed by atoms with E-state index in [4.69, 9.17) is 32.4 Å². The highest BCUT2D eigenvalue weighted by Crippen LogP contribution is 2.30. The Balaban J connectivity index is 1.59. The van der Waals surface area contributed by atoms with Crippen LogP contribution in [0.25, 0.3) is 0 Å². The maximum absolute atomic E-state index is 13.3. The number of urea groups is 1. The summed E-state index contributed by atoms with van der Waals surface area (Å²) in [6.07, 6.45) is 1.31. The maximum atomic E-state index is 13.3. The summed E-state index contributed by atoms with van der Waals surface area (Å²) in [6, 6.07) is 13.0. The zero-order chi connectivity index (χ0) is 24.2. The van der Waals surface area contributed by atoms with Crippen LogP contribution in [0.5, 0.6) is 5.75 Å². The van der Waals surface area contributed by atoms with E-state index in [-0.39, 0.29) is 18.0 Å². The number of halogens is 2. The van der Waals surface area contributed by atoms with Crippen molar-refractivity contribution in [3.05, 3.63) is 76.7 Å². The predicted molar refractivity (Wildman–Crippen MR) is 128 cm³/mol. The molecule has 1 fully saturated rings. The molecule has 0 aliphatic carbocycles. The van der Waals surface area contributed by atoms with Gasteiger partial charge in [-0.15, -0.1) is 0 Å². The van der Waals surface area contributed by atoms with Crippen molar-refractivity contribution < 1.29 is 23.5 Å². The number of nitrogens with zero attached hydrogens (tertiary/aromatic N) is 2. The Morgan fingerprint density at radius 2 is 1.91 bits per heavy atom. The number of hydrogen-bond donors (Lipinski definition) is 1.